The molecule has 17 heavy (non-hydrogen) atoms. The second-order valence-corrected chi connectivity index (χ2v) is 5.42. The Balaban J connectivity index is 1.72. The van der Waals surface area contributed by atoms with E-state index < -0.39 is 5.60 Å². The van der Waals surface area contributed by atoms with E-state index in [0.29, 0.717) is 25.8 Å². The zero-order valence-corrected chi connectivity index (χ0v) is 10.4. The van der Waals surface area contributed by atoms with Crippen LogP contribution in [0, 0.1) is 0 Å². The Bertz CT molecular complexity index is 241. The van der Waals surface area contributed by atoms with Crippen molar-refractivity contribution < 1.29 is 19.7 Å². The van der Waals surface area contributed by atoms with E-state index in [-0.39, 0.29) is 12.4 Å². The maximum absolute atomic E-state index is 9.70. The standard InChI is InChI=1S/C12H23NO4/c1-11(15,9-14)8-13-10-2-4-12(5-3-10)16-6-7-17-12/h10,13-15H,2-9H2,1H3. The lowest BCUT2D eigenvalue weighted by Gasteiger charge is -2.36. The Morgan fingerprint density at radius 1 is 1.29 bits per heavy atom. The van der Waals surface area contributed by atoms with E-state index in [0.717, 1.165) is 25.7 Å². The summed E-state index contributed by atoms with van der Waals surface area (Å²) in [6, 6.07) is 0.381. The molecule has 0 bridgehead atoms. The Labute approximate surface area is 102 Å². The Hall–Kier alpha value is -0.200. The lowest BCUT2D eigenvalue weighted by Crippen LogP contribution is -2.48. The van der Waals surface area contributed by atoms with Crippen molar-refractivity contribution in [2.75, 3.05) is 26.4 Å². The number of rotatable bonds is 4. The molecular formula is C12H23NO4. The molecule has 5 heteroatoms. The highest BCUT2D eigenvalue weighted by Gasteiger charge is 2.40. The van der Waals surface area contributed by atoms with Crippen molar-refractivity contribution in [3.05, 3.63) is 0 Å². The van der Waals surface area contributed by atoms with Gasteiger partial charge >= 0.3 is 0 Å². The van der Waals surface area contributed by atoms with Crippen molar-refractivity contribution in [3.63, 3.8) is 0 Å². The summed E-state index contributed by atoms with van der Waals surface area (Å²) in [5.74, 6) is -0.322. The molecule has 1 unspecified atom stereocenters. The smallest absolute Gasteiger partial charge is 0.168 e. The van der Waals surface area contributed by atoms with Crippen molar-refractivity contribution in [3.8, 4) is 0 Å². The van der Waals surface area contributed by atoms with Crippen LogP contribution in [-0.4, -0.2) is 54.0 Å². The molecule has 100 valence electrons. The molecule has 3 N–H and O–H groups in total. The summed E-state index contributed by atoms with van der Waals surface area (Å²) in [6.45, 7) is 3.24. The molecule has 0 aromatic carbocycles. The SMILES string of the molecule is CC(O)(CO)CNC1CCC2(CC1)OCCO2. The number of aliphatic hydroxyl groups excluding tert-OH is 1. The fraction of sp³-hybridized carbons (Fsp3) is 1.00. The second-order valence-electron chi connectivity index (χ2n) is 5.42. The van der Waals surface area contributed by atoms with Gasteiger partial charge in [-0.05, 0) is 19.8 Å². The zero-order valence-electron chi connectivity index (χ0n) is 10.4. The molecule has 1 aliphatic carbocycles. The minimum atomic E-state index is -1.03. The summed E-state index contributed by atoms with van der Waals surface area (Å²) < 4.78 is 11.3. The van der Waals surface area contributed by atoms with Crippen molar-refractivity contribution >= 4 is 0 Å². The molecule has 1 atom stereocenters. The van der Waals surface area contributed by atoms with Crippen LogP contribution in [0.4, 0.5) is 0 Å². The van der Waals surface area contributed by atoms with E-state index in [1.165, 1.54) is 0 Å². The first-order chi connectivity index (χ1) is 8.05. The lowest BCUT2D eigenvalue weighted by molar-refractivity contribution is -0.179. The van der Waals surface area contributed by atoms with Crippen LogP contribution < -0.4 is 5.32 Å². The van der Waals surface area contributed by atoms with Crippen LogP contribution in [0.1, 0.15) is 32.6 Å². The highest BCUT2D eigenvalue weighted by atomic mass is 16.7. The first-order valence-electron chi connectivity index (χ1n) is 6.40. The van der Waals surface area contributed by atoms with Crippen LogP contribution in [0.5, 0.6) is 0 Å². The highest BCUT2D eigenvalue weighted by molar-refractivity contribution is 4.87. The van der Waals surface area contributed by atoms with Gasteiger partial charge in [0.25, 0.3) is 0 Å². The second kappa shape index (κ2) is 5.20. The van der Waals surface area contributed by atoms with Gasteiger partial charge < -0.3 is 25.0 Å². The molecule has 1 heterocycles. The molecule has 1 spiro atoms. The number of ether oxygens (including phenoxy) is 2. The monoisotopic (exact) mass is 245 g/mol. The third-order valence-electron chi connectivity index (χ3n) is 3.67. The molecule has 5 nitrogen and oxygen atoms in total. The minimum Gasteiger partial charge on any atom is -0.393 e. The van der Waals surface area contributed by atoms with Crippen LogP contribution in [-0.2, 0) is 9.47 Å². The molecule has 0 radical (unpaired) electrons. The van der Waals surface area contributed by atoms with E-state index in [2.05, 4.69) is 5.32 Å². The molecular weight excluding hydrogens is 222 g/mol. The summed E-state index contributed by atoms with van der Waals surface area (Å²) >= 11 is 0. The third kappa shape index (κ3) is 3.39. The highest BCUT2D eigenvalue weighted by Crippen LogP contribution is 2.35. The molecule has 2 fully saturated rings. The molecule has 0 amide bonds. The topological polar surface area (TPSA) is 71.0 Å². The van der Waals surface area contributed by atoms with Gasteiger partial charge in [0.2, 0.25) is 0 Å². The third-order valence-corrected chi connectivity index (χ3v) is 3.67. The van der Waals surface area contributed by atoms with Gasteiger partial charge in [-0.2, -0.15) is 0 Å². The average molecular weight is 245 g/mol. The molecule has 0 aromatic rings. The Morgan fingerprint density at radius 2 is 1.88 bits per heavy atom. The number of nitrogens with one attached hydrogen (secondary N) is 1. The van der Waals surface area contributed by atoms with E-state index in [9.17, 15) is 5.11 Å². The summed E-state index contributed by atoms with van der Waals surface area (Å²) in [4.78, 5) is 0. The van der Waals surface area contributed by atoms with Crippen LogP contribution in [0.3, 0.4) is 0 Å². The van der Waals surface area contributed by atoms with Crippen molar-refractivity contribution in [1.82, 2.24) is 5.32 Å². The van der Waals surface area contributed by atoms with Gasteiger partial charge in [0.1, 0.15) is 0 Å². The lowest BCUT2D eigenvalue weighted by atomic mass is 9.89. The first kappa shape index (κ1) is 13.2. The maximum Gasteiger partial charge on any atom is 0.168 e. The van der Waals surface area contributed by atoms with Gasteiger partial charge in [-0.1, -0.05) is 0 Å². The normalized spacial score (nSPS) is 28.4. The zero-order chi connectivity index (χ0) is 12.4. The van der Waals surface area contributed by atoms with Gasteiger partial charge in [0.15, 0.2) is 5.79 Å². The van der Waals surface area contributed by atoms with E-state index >= 15 is 0 Å². The van der Waals surface area contributed by atoms with Gasteiger partial charge in [-0.25, -0.2) is 0 Å². The molecule has 1 saturated carbocycles. The van der Waals surface area contributed by atoms with E-state index in [1.54, 1.807) is 6.92 Å². The molecule has 1 saturated heterocycles. The van der Waals surface area contributed by atoms with Gasteiger partial charge in [-0.15, -0.1) is 0 Å². The summed E-state index contributed by atoms with van der Waals surface area (Å²) in [5.41, 5.74) is -1.03. The summed E-state index contributed by atoms with van der Waals surface area (Å²) in [7, 11) is 0. The number of aliphatic hydroxyl groups is 2. The van der Waals surface area contributed by atoms with Crippen LogP contribution in [0.25, 0.3) is 0 Å². The maximum atomic E-state index is 9.70. The minimum absolute atomic E-state index is 0.219. The predicted molar refractivity (Wildman–Crippen MR) is 62.6 cm³/mol. The quantitative estimate of drug-likeness (QED) is 0.650. The van der Waals surface area contributed by atoms with Crippen molar-refractivity contribution in [1.29, 1.82) is 0 Å². The van der Waals surface area contributed by atoms with Gasteiger partial charge in [-0.3, -0.25) is 0 Å². The first-order valence-corrected chi connectivity index (χ1v) is 6.40. The fourth-order valence-electron chi connectivity index (χ4n) is 2.47. The average Bonchev–Trinajstić information content (AvgIpc) is 2.77. The van der Waals surface area contributed by atoms with Gasteiger partial charge in [0.05, 0.1) is 25.4 Å². The molecule has 2 aliphatic rings. The van der Waals surface area contributed by atoms with Crippen LogP contribution >= 0.6 is 0 Å². The Morgan fingerprint density at radius 3 is 2.41 bits per heavy atom. The van der Waals surface area contributed by atoms with E-state index in [1.807, 2.05) is 0 Å². The molecule has 2 rings (SSSR count). The van der Waals surface area contributed by atoms with Gasteiger partial charge in [0, 0.05) is 25.4 Å². The summed E-state index contributed by atoms with van der Waals surface area (Å²) in [5, 5.41) is 22.0. The van der Waals surface area contributed by atoms with Crippen LogP contribution in [0.2, 0.25) is 0 Å². The largest absolute Gasteiger partial charge is 0.393 e. The fourth-order valence-corrected chi connectivity index (χ4v) is 2.47. The molecule has 0 aromatic heterocycles. The number of hydrogen-bond donors (Lipinski definition) is 3. The van der Waals surface area contributed by atoms with Crippen molar-refractivity contribution in [2.24, 2.45) is 0 Å². The predicted octanol–water partition coefficient (Wildman–Crippen LogP) is 0.00500. The summed E-state index contributed by atoms with van der Waals surface area (Å²) in [6.07, 6.45) is 3.79. The van der Waals surface area contributed by atoms with E-state index in [4.69, 9.17) is 14.6 Å². The van der Waals surface area contributed by atoms with Crippen molar-refractivity contribution in [2.45, 2.75) is 50.0 Å². The van der Waals surface area contributed by atoms with Crippen LogP contribution in [0.15, 0.2) is 0 Å². The molecule has 1 aliphatic heterocycles. The number of hydrogen-bond acceptors (Lipinski definition) is 5. The Kier molecular flexibility index (Phi) is 4.05.